The van der Waals surface area contributed by atoms with Gasteiger partial charge in [0.1, 0.15) is 0 Å². The van der Waals surface area contributed by atoms with Gasteiger partial charge in [-0.25, -0.2) is 4.79 Å². The number of esters is 1. The third-order valence-electron chi connectivity index (χ3n) is 7.27. The molecule has 2 amide bonds. The molecule has 3 aromatic carbocycles. The van der Waals surface area contributed by atoms with Gasteiger partial charge in [-0.2, -0.15) is 0 Å². The van der Waals surface area contributed by atoms with Crippen molar-refractivity contribution in [1.82, 2.24) is 0 Å². The molecule has 6 nitrogen and oxygen atoms in total. The van der Waals surface area contributed by atoms with Crippen molar-refractivity contribution in [3.63, 3.8) is 0 Å². The molecule has 1 aliphatic carbocycles. The maximum Gasteiger partial charge on any atom is 0.338 e. The summed E-state index contributed by atoms with van der Waals surface area (Å²) in [5.41, 5.74) is 3.41. The third-order valence-corrected chi connectivity index (χ3v) is 7.27. The van der Waals surface area contributed by atoms with Gasteiger partial charge in [-0.1, -0.05) is 60.2 Å². The van der Waals surface area contributed by atoms with Crippen molar-refractivity contribution >= 4 is 29.3 Å². The van der Waals surface area contributed by atoms with Crippen molar-refractivity contribution in [2.45, 2.75) is 32.1 Å². The van der Waals surface area contributed by atoms with Crippen LogP contribution in [0.3, 0.4) is 0 Å². The lowest BCUT2D eigenvalue weighted by Crippen LogP contribution is -2.30. The lowest BCUT2D eigenvalue weighted by Gasteiger charge is -2.28. The quantitative estimate of drug-likeness (QED) is 0.278. The van der Waals surface area contributed by atoms with Gasteiger partial charge < -0.3 is 4.74 Å². The summed E-state index contributed by atoms with van der Waals surface area (Å²) in [6, 6.07) is 23.4. The molecule has 0 N–H and O–H groups in total. The number of ketones is 1. The first kappa shape index (κ1) is 23.7. The number of anilines is 1. The van der Waals surface area contributed by atoms with Gasteiger partial charge in [-0.05, 0) is 61.9 Å². The van der Waals surface area contributed by atoms with Gasteiger partial charge in [0, 0.05) is 5.56 Å². The monoisotopic (exact) mass is 481 g/mol. The zero-order valence-electron chi connectivity index (χ0n) is 20.1. The number of amides is 2. The molecule has 1 saturated heterocycles. The Balaban J connectivity index is 1.23. The molecule has 2 fully saturated rings. The number of carbonyl (C=O) groups is 4. The van der Waals surface area contributed by atoms with Crippen LogP contribution in [0.4, 0.5) is 5.69 Å². The molecule has 36 heavy (non-hydrogen) atoms. The van der Waals surface area contributed by atoms with E-state index in [0.717, 1.165) is 12.0 Å². The van der Waals surface area contributed by atoms with Crippen LogP contribution < -0.4 is 4.90 Å². The Kier molecular flexibility index (Phi) is 6.51. The van der Waals surface area contributed by atoms with Gasteiger partial charge in [0.2, 0.25) is 11.8 Å². The summed E-state index contributed by atoms with van der Waals surface area (Å²) in [5, 5.41) is 0. The van der Waals surface area contributed by atoms with Gasteiger partial charge in [0.05, 0.1) is 23.1 Å². The van der Waals surface area contributed by atoms with E-state index in [0.29, 0.717) is 24.1 Å². The minimum absolute atomic E-state index is 0.171. The van der Waals surface area contributed by atoms with Crippen molar-refractivity contribution in [2.75, 3.05) is 11.5 Å². The predicted octanol–water partition coefficient (Wildman–Crippen LogP) is 5.11. The van der Waals surface area contributed by atoms with E-state index >= 15 is 0 Å². The molecule has 0 bridgehead atoms. The van der Waals surface area contributed by atoms with Crippen molar-refractivity contribution in [2.24, 2.45) is 11.8 Å². The highest BCUT2D eigenvalue weighted by molar-refractivity contribution is 6.22. The lowest BCUT2D eigenvalue weighted by atomic mass is 9.73. The maximum atomic E-state index is 13.3. The zero-order valence-corrected chi connectivity index (χ0v) is 20.1. The predicted molar refractivity (Wildman–Crippen MR) is 135 cm³/mol. The van der Waals surface area contributed by atoms with Gasteiger partial charge in [0.15, 0.2) is 12.4 Å². The van der Waals surface area contributed by atoms with Crippen LogP contribution in [-0.2, 0) is 14.3 Å². The van der Waals surface area contributed by atoms with Gasteiger partial charge >= 0.3 is 5.97 Å². The van der Waals surface area contributed by atoms with Crippen LogP contribution in [0.5, 0.6) is 0 Å². The van der Waals surface area contributed by atoms with E-state index in [1.165, 1.54) is 22.6 Å². The molecule has 1 saturated carbocycles. The number of hydrogen-bond acceptors (Lipinski definition) is 5. The van der Waals surface area contributed by atoms with Gasteiger partial charge in [-0.3, -0.25) is 19.3 Å². The molecule has 182 valence electrons. The van der Waals surface area contributed by atoms with Gasteiger partial charge in [0.25, 0.3) is 0 Å². The minimum atomic E-state index is -0.638. The smallest absolute Gasteiger partial charge is 0.338 e. The van der Waals surface area contributed by atoms with Crippen molar-refractivity contribution in [3.8, 4) is 0 Å². The molecule has 2 aliphatic rings. The first-order valence-electron chi connectivity index (χ1n) is 12.2. The average molecular weight is 482 g/mol. The standard InChI is InChI=1S/C30H27NO5/c1-19-7-9-21(10-8-19)27(32)18-36-30(35)22-11-14-24(15-12-22)31-28(33)25-16-13-23(17-26(25)29(31)34)20-5-3-2-4-6-20/h2-12,14-15,23,25-26H,13,16-18H2,1H3/t23-,25+,26+/m0/s1. The fourth-order valence-electron chi connectivity index (χ4n) is 5.25. The van der Waals surface area contributed by atoms with E-state index in [9.17, 15) is 19.2 Å². The molecule has 0 radical (unpaired) electrons. The largest absolute Gasteiger partial charge is 0.454 e. The summed E-state index contributed by atoms with van der Waals surface area (Å²) in [5.74, 6) is -1.63. The average Bonchev–Trinajstić information content (AvgIpc) is 3.17. The fourth-order valence-corrected chi connectivity index (χ4v) is 5.25. The summed E-state index contributed by atoms with van der Waals surface area (Å²) in [6.45, 7) is 1.56. The maximum absolute atomic E-state index is 13.3. The third kappa shape index (κ3) is 4.59. The molecule has 0 unspecified atom stereocenters. The fraction of sp³-hybridized carbons (Fsp3) is 0.267. The number of nitrogens with zero attached hydrogens (tertiary/aromatic N) is 1. The second kappa shape index (κ2) is 9.90. The van der Waals surface area contributed by atoms with E-state index in [2.05, 4.69) is 12.1 Å². The zero-order chi connectivity index (χ0) is 25.2. The van der Waals surface area contributed by atoms with Crippen molar-refractivity contribution in [1.29, 1.82) is 0 Å². The molecule has 6 heteroatoms. The molecular formula is C30H27NO5. The van der Waals surface area contributed by atoms with Crippen molar-refractivity contribution in [3.05, 3.63) is 101 Å². The second-order valence-corrected chi connectivity index (χ2v) is 9.56. The number of imide groups is 1. The Bertz CT molecular complexity index is 1300. The highest BCUT2D eigenvalue weighted by atomic mass is 16.5. The number of hydrogen-bond donors (Lipinski definition) is 0. The van der Waals surface area contributed by atoms with E-state index in [1.54, 1.807) is 24.3 Å². The van der Waals surface area contributed by atoms with Crippen LogP contribution in [0, 0.1) is 18.8 Å². The molecule has 3 atom stereocenters. The Hall–Kier alpha value is -4.06. The SMILES string of the molecule is Cc1ccc(C(=O)COC(=O)c2ccc(N3C(=O)[C@@H]4CC[C@H](c5ccccc5)C[C@H]4C3=O)cc2)cc1. The first-order valence-corrected chi connectivity index (χ1v) is 12.2. The Morgan fingerprint density at radius 2 is 1.44 bits per heavy atom. The first-order chi connectivity index (χ1) is 17.4. The topological polar surface area (TPSA) is 80.8 Å². The van der Waals surface area contributed by atoms with Crippen LogP contribution in [0.1, 0.15) is 57.0 Å². The lowest BCUT2D eigenvalue weighted by molar-refractivity contribution is -0.122. The highest BCUT2D eigenvalue weighted by Gasteiger charge is 2.50. The summed E-state index contributed by atoms with van der Waals surface area (Å²) in [6.07, 6.45) is 2.23. The Labute approximate surface area is 209 Å². The van der Waals surface area contributed by atoms with E-state index in [1.807, 2.05) is 37.3 Å². The Morgan fingerprint density at radius 1 is 0.806 bits per heavy atom. The number of benzene rings is 3. The number of Topliss-reactive ketones (excluding diaryl/α,β-unsaturated/α-hetero) is 1. The number of aryl methyl sites for hydroxylation is 1. The molecular weight excluding hydrogens is 454 g/mol. The van der Waals surface area contributed by atoms with Gasteiger partial charge in [-0.15, -0.1) is 0 Å². The summed E-state index contributed by atoms with van der Waals surface area (Å²) in [7, 11) is 0. The molecule has 0 aromatic heterocycles. The van der Waals surface area contributed by atoms with E-state index in [4.69, 9.17) is 4.74 Å². The van der Waals surface area contributed by atoms with E-state index in [-0.39, 0.29) is 47.5 Å². The van der Waals surface area contributed by atoms with Crippen LogP contribution in [-0.4, -0.2) is 30.2 Å². The summed E-state index contributed by atoms with van der Waals surface area (Å²) in [4.78, 5) is 52.4. The molecule has 0 spiro atoms. The Morgan fingerprint density at radius 3 is 2.14 bits per heavy atom. The minimum Gasteiger partial charge on any atom is -0.454 e. The van der Waals surface area contributed by atoms with Crippen LogP contribution in [0.15, 0.2) is 78.9 Å². The summed E-state index contributed by atoms with van der Waals surface area (Å²) >= 11 is 0. The van der Waals surface area contributed by atoms with Crippen LogP contribution in [0.25, 0.3) is 0 Å². The van der Waals surface area contributed by atoms with E-state index < -0.39 is 5.97 Å². The molecule has 5 rings (SSSR count). The summed E-state index contributed by atoms with van der Waals surface area (Å²) < 4.78 is 5.18. The molecule has 1 aliphatic heterocycles. The van der Waals surface area contributed by atoms with Crippen molar-refractivity contribution < 1.29 is 23.9 Å². The van der Waals surface area contributed by atoms with Crippen LogP contribution >= 0.6 is 0 Å². The number of rotatable bonds is 6. The van der Waals surface area contributed by atoms with Crippen LogP contribution in [0.2, 0.25) is 0 Å². The highest BCUT2D eigenvalue weighted by Crippen LogP contribution is 2.45. The molecule has 1 heterocycles. The molecule has 3 aromatic rings. The number of fused-ring (bicyclic) bond motifs is 1. The number of ether oxygens (including phenoxy) is 1. The second-order valence-electron chi connectivity index (χ2n) is 9.56. The normalized spacial score (nSPS) is 21.2. The number of carbonyl (C=O) groups excluding carboxylic acids is 4.